The molecular weight excluding hydrogens is 701 g/mol. The van der Waals surface area contributed by atoms with Crippen molar-refractivity contribution in [1.82, 2.24) is 44.9 Å². The summed E-state index contributed by atoms with van der Waals surface area (Å²) in [6.45, 7) is 7.18. The van der Waals surface area contributed by atoms with Crippen LogP contribution in [-0.2, 0) is 29.7 Å². The number of nitrogens with one attached hydrogen (secondary N) is 2. The molecule has 0 saturated carbocycles. The highest BCUT2D eigenvalue weighted by molar-refractivity contribution is 6.39. The minimum Gasteiger partial charge on any atom is -0.480 e. The van der Waals surface area contributed by atoms with Crippen molar-refractivity contribution in [2.45, 2.75) is 38.9 Å². The molecule has 3 aromatic heterocycles. The maximum atomic E-state index is 11.7. The average Bonchev–Trinajstić information content (AvgIpc) is 3.66. The smallest absolute Gasteiger partial charge is 0.237 e. The zero-order valence-electron chi connectivity index (χ0n) is 29.2. The van der Waals surface area contributed by atoms with Crippen LogP contribution in [0.2, 0.25) is 10.0 Å². The van der Waals surface area contributed by atoms with Crippen molar-refractivity contribution in [3.8, 4) is 39.5 Å². The van der Waals surface area contributed by atoms with E-state index in [-0.39, 0.29) is 23.3 Å². The van der Waals surface area contributed by atoms with Crippen LogP contribution < -0.4 is 15.4 Å². The number of ether oxygens (including phenoxy) is 1. The number of likely N-dealkylation sites (tertiary alicyclic amines) is 2. The van der Waals surface area contributed by atoms with Crippen molar-refractivity contribution in [3.05, 3.63) is 76.3 Å². The van der Waals surface area contributed by atoms with Crippen LogP contribution >= 0.6 is 23.2 Å². The SMILES string of the molecule is COc1nc(-c2cccc(-c3cccc(-c4cnc5c(CN6CC7(C6)CN(C(C)=O)C7)cn(C)c5n4)c3Cl)c2Cl)cnc1CNC[C@H]1CCC(=O)N1. The fourth-order valence-electron chi connectivity index (χ4n) is 7.78. The molecule has 0 radical (unpaired) electrons. The first-order valence-electron chi connectivity index (χ1n) is 17.4. The van der Waals surface area contributed by atoms with Crippen LogP contribution in [0.25, 0.3) is 44.8 Å². The Hall–Kier alpha value is -4.62. The van der Waals surface area contributed by atoms with E-state index in [1.807, 2.05) is 52.9 Å². The van der Waals surface area contributed by atoms with Gasteiger partial charge in [-0.15, -0.1) is 0 Å². The number of benzene rings is 2. The monoisotopic (exact) mass is 739 g/mol. The van der Waals surface area contributed by atoms with Crippen LogP contribution in [0.15, 0.2) is 55.0 Å². The van der Waals surface area contributed by atoms with E-state index < -0.39 is 0 Å². The number of rotatable bonds is 10. The molecule has 3 aliphatic heterocycles. The number of aryl methyl sites for hydroxylation is 1. The topological polar surface area (TPSA) is 130 Å². The Morgan fingerprint density at radius 3 is 2.27 bits per heavy atom. The lowest BCUT2D eigenvalue weighted by Gasteiger charge is -2.60. The van der Waals surface area contributed by atoms with Gasteiger partial charge in [-0.1, -0.05) is 59.6 Å². The molecule has 2 amide bonds. The minimum absolute atomic E-state index is 0.0857. The number of hydrogen-bond acceptors (Lipinski definition) is 9. The second-order valence-corrected chi connectivity index (χ2v) is 14.9. The third-order valence-corrected chi connectivity index (χ3v) is 11.2. The highest BCUT2D eigenvalue weighted by Gasteiger charge is 2.52. The van der Waals surface area contributed by atoms with E-state index in [9.17, 15) is 9.59 Å². The number of halogens is 2. The van der Waals surface area contributed by atoms with Crippen LogP contribution in [0, 0.1) is 5.41 Å². The van der Waals surface area contributed by atoms with Gasteiger partial charge in [0.15, 0.2) is 5.65 Å². The summed E-state index contributed by atoms with van der Waals surface area (Å²) >= 11 is 14.2. The van der Waals surface area contributed by atoms with E-state index in [2.05, 4.69) is 26.7 Å². The average molecular weight is 741 g/mol. The predicted octanol–water partition coefficient (Wildman–Crippen LogP) is 5.11. The first-order valence-corrected chi connectivity index (χ1v) is 18.1. The van der Waals surface area contributed by atoms with Gasteiger partial charge in [-0.05, 0) is 6.42 Å². The van der Waals surface area contributed by atoms with Crippen LogP contribution in [0.4, 0.5) is 0 Å². The molecule has 5 aromatic rings. The van der Waals surface area contributed by atoms with Crippen LogP contribution in [0.1, 0.15) is 31.0 Å². The van der Waals surface area contributed by atoms with Gasteiger partial charge in [0, 0.05) is 112 Å². The number of fused-ring (bicyclic) bond motifs is 1. The second kappa shape index (κ2) is 13.7. The Balaban J connectivity index is 1.01. The van der Waals surface area contributed by atoms with Gasteiger partial charge in [-0.2, -0.15) is 0 Å². The van der Waals surface area contributed by atoms with Gasteiger partial charge in [-0.25, -0.2) is 9.97 Å². The molecule has 0 bridgehead atoms. The molecule has 52 heavy (non-hydrogen) atoms. The van der Waals surface area contributed by atoms with E-state index in [0.29, 0.717) is 58.1 Å². The molecule has 1 spiro atoms. The number of carbonyl (C=O) groups excluding carboxylic acids is 2. The van der Waals surface area contributed by atoms with E-state index in [4.69, 9.17) is 42.9 Å². The molecule has 1 atom stereocenters. The molecule has 3 fully saturated rings. The maximum Gasteiger partial charge on any atom is 0.237 e. The largest absolute Gasteiger partial charge is 0.480 e. The van der Waals surface area contributed by atoms with Gasteiger partial charge in [0.25, 0.3) is 0 Å². The van der Waals surface area contributed by atoms with Crippen LogP contribution in [0.3, 0.4) is 0 Å². The number of amides is 2. The number of nitrogens with zero attached hydrogens (tertiary/aromatic N) is 7. The number of aromatic nitrogens is 5. The molecule has 268 valence electrons. The standard InChI is InChI=1S/C38H39Cl2N9O3/c1-22(50)49-20-38(21-49)18-48(19-38)17-23-16-47(2)36-35(23)43-15-29(45-36)27-8-4-6-25(33(27)39)26-7-5-9-28(34(26)40)30-14-42-31(37(46-30)52-3)13-41-12-24-10-11-32(51)44-24/h4-9,14-16,24,41H,10-13,17-21H2,1-3H3,(H,44,51)/t24-/m1/s1. The molecule has 14 heteroatoms. The summed E-state index contributed by atoms with van der Waals surface area (Å²) in [5, 5.41) is 7.30. The van der Waals surface area contributed by atoms with E-state index in [1.54, 1.807) is 26.4 Å². The third kappa shape index (κ3) is 6.38. The summed E-state index contributed by atoms with van der Waals surface area (Å²) in [5.74, 6) is 0.637. The molecule has 0 unspecified atom stereocenters. The fourth-order valence-corrected chi connectivity index (χ4v) is 8.43. The van der Waals surface area contributed by atoms with Gasteiger partial charge >= 0.3 is 0 Å². The quantitative estimate of drug-likeness (QED) is 0.201. The number of methoxy groups -OCH3 is 1. The molecule has 2 aromatic carbocycles. The lowest BCUT2D eigenvalue weighted by Crippen LogP contribution is -2.72. The summed E-state index contributed by atoms with van der Waals surface area (Å²) in [6.07, 6.45) is 6.95. The second-order valence-electron chi connectivity index (χ2n) is 14.2. The minimum atomic E-state index is 0.0857. The first kappa shape index (κ1) is 34.5. The lowest BCUT2D eigenvalue weighted by atomic mass is 9.72. The molecule has 8 rings (SSSR count). The van der Waals surface area contributed by atoms with E-state index in [0.717, 1.165) is 72.6 Å². The Bertz CT molecular complexity index is 2210. The van der Waals surface area contributed by atoms with Gasteiger partial charge in [0.2, 0.25) is 17.7 Å². The van der Waals surface area contributed by atoms with Gasteiger partial charge < -0.3 is 24.8 Å². The van der Waals surface area contributed by atoms with Gasteiger partial charge in [-0.3, -0.25) is 24.5 Å². The summed E-state index contributed by atoms with van der Waals surface area (Å²) in [5.41, 5.74) is 7.86. The number of hydrogen-bond donors (Lipinski definition) is 2. The lowest BCUT2D eigenvalue weighted by molar-refractivity contribution is -0.157. The fraction of sp³-hybridized carbons (Fsp3) is 0.368. The Morgan fingerprint density at radius 1 is 0.981 bits per heavy atom. The number of carbonyl (C=O) groups is 2. The Kier molecular flexibility index (Phi) is 9.11. The zero-order valence-corrected chi connectivity index (χ0v) is 30.8. The summed E-state index contributed by atoms with van der Waals surface area (Å²) in [7, 11) is 3.55. The van der Waals surface area contributed by atoms with Gasteiger partial charge in [0.1, 0.15) is 11.2 Å². The maximum absolute atomic E-state index is 11.7. The van der Waals surface area contributed by atoms with Crippen molar-refractivity contribution < 1.29 is 14.3 Å². The van der Waals surface area contributed by atoms with Crippen LogP contribution in [-0.4, -0.2) is 92.0 Å². The molecular formula is C38H39Cl2N9O3. The Morgan fingerprint density at radius 2 is 1.63 bits per heavy atom. The molecule has 6 heterocycles. The van der Waals surface area contributed by atoms with Gasteiger partial charge in [0.05, 0.1) is 40.9 Å². The third-order valence-electron chi connectivity index (χ3n) is 10.4. The summed E-state index contributed by atoms with van der Waals surface area (Å²) in [4.78, 5) is 46.8. The predicted molar refractivity (Wildman–Crippen MR) is 200 cm³/mol. The van der Waals surface area contributed by atoms with Crippen LogP contribution in [0.5, 0.6) is 5.88 Å². The van der Waals surface area contributed by atoms with Crippen molar-refractivity contribution in [2.75, 3.05) is 39.8 Å². The Labute approximate surface area is 311 Å². The first-order chi connectivity index (χ1) is 25.1. The highest BCUT2D eigenvalue weighted by Crippen LogP contribution is 2.43. The molecule has 2 N–H and O–H groups in total. The van der Waals surface area contributed by atoms with E-state index >= 15 is 0 Å². The van der Waals surface area contributed by atoms with Crippen molar-refractivity contribution in [2.24, 2.45) is 12.5 Å². The normalized spacial score (nSPS) is 18.1. The summed E-state index contributed by atoms with van der Waals surface area (Å²) < 4.78 is 7.62. The highest BCUT2D eigenvalue weighted by atomic mass is 35.5. The molecule has 3 saturated heterocycles. The van der Waals surface area contributed by atoms with E-state index in [1.165, 1.54) is 0 Å². The van der Waals surface area contributed by atoms with Crippen molar-refractivity contribution in [1.29, 1.82) is 0 Å². The molecule has 12 nitrogen and oxygen atoms in total. The summed E-state index contributed by atoms with van der Waals surface area (Å²) in [6, 6.07) is 11.7. The van der Waals surface area contributed by atoms with Crippen molar-refractivity contribution >= 4 is 46.2 Å². The molecule has 3 aliphatic rings. The van der Waals surface area contributed by atoms with Crippen molar-refractivity contribution in [3.63, 3.8) is 0 Å². The zero-order chi connectivity index (χ0) is 36.1. The molecule has 0 aliphatic carbocycles.